The highest BCUT2D eigenvalue weighted by atomic mass is 32.1. The first-order chi connectivity index (χ1) is 13.1. The fourth-order valence-electron chi connectivity index (χ4n) is 2.81. The molecule has 0 saturated carbocycles. The van der Waals surface area contributed by atoms with Crippen LogP contribution in [0.15, 0.2) is 58.7 Å². The van der Waals surface area contributed by atoms with Crippen LogP contribution in [0.4, 0.5) is 0 Å². The summed E-state index contributed by atoms with van der Waals surface area (Å²) in [6, 6.07) is 10.7. The molecular weight excluding hydrogens is 366 g/mol. The maximum Gasteiger partial charge on any atom is 0.224 e. The third-order valence-corrected chi connectivity index (χ3v) is 5.30. The van der Waals surface area contributed by atoms with Crippen LogP contribution in [0.1, 0.15) is 16.0 Å². The zero-order chi connectivity index (χ0) is 19.3. The van der Waals surface area contributed by atoms with Crippen molar-refractivity contribution in [2.45, 2.75) is 12.0 Å². The number of carbonyl (C=O) groups excluding carboxylic acids is 1. The molecule has 0 aliphatic heterocycles. The molecule has 142 valence electrons. The van der Waals surface area contributed by atoms with Crippen LogP contribution in [0.5, 0.6) is 11.5 Å². The first kappa shape index (κ1) is 19.0. The number of nitrogens with one attached hydrogen (secondary N) is 1. The molecule has 3 rings (SSSR count). The summed E-state index contributed by atoms with van der Waals surface area (Å²) in [7, 11) is 3.11. The molecule has 2 N–H and O–H groups in total. The minimum absolute atomic E-state index is 0.0408. The molecule has 0 spiro atoms. The number of aliphatic hydroxyl groups is 1. The maximum absolute atomic E-state index is 12.4. The molecule has 0 aliphatic carbocycles. The highest BCUT2D eigenvalue weighted by Crippen LogP contribution is 2.33. The molecule has 2 aromatic heterocycles. The van der Waals surface area contributed by atoms with Crippen LogP contribution in [0, 0.1) is 0 Å². The largest absolute Gasteiger partial charge is 0.493 e. The summed E-state index contributed by atoms with van der Waals surface area (Å²) in [5.41, 5.74) is 0.0403. The van der Waals surface area contributed by atoms with Crippen molar-refractivity contribution in [1.29, 1.82) is 0 Å². The van der Waals surface area contributed by atoms with Gasteiger partial charge in [-0.1, -0.05) is 12.1 Å². The van der Waals surface area contributed by atoms with Gasteiger partial charge in [-0.25, -0.2) is 0 Å². The zero-order valence-electron chi connectivity index (χ0n) is 15.1. The Hall–Kier alpha value is -2.77. The van der Waals surface area contributed by atoms with E-state index < -0.39 is 5.60 Å². The van der Waals surface area contributed by atoms with Gasteiger partial charge >= 0.3 is 0 Å². The van der Waals surface area contributed by atoms with E-state index in [-0.39, 0.29) is 18.9 Å². The summed E-state index contributed by atoms with van der Waals surface area (Å²) >= 11 is 1.42. The predicted molar refractivity (Wildman–Crippen MR) is 102 cm³/mol. The van der Waals surface area contributed by atoms with Crippen LogP contribution in [0.2, 0.25) is 0 Å². The molecule has 0 fully saturated rings. The second kappa shape index (κ2) is 8.28. The molecule has 0 aliphatic rings. The third kappa shape index (κ3) is 4.15. The van der Waals surface area contributed by atoms with Gasteiger partial charge in [0.05, 0.1) is 39.7 Å². The Morgan fingerprint density at radius 1 is 1.22 bits per heavy atom. The minimum atomic E-state index is -1.34. The van der Waals surface area contributed by atoms with E-state index in [1.54, 1.807) is 32.4 Å². The fourth-order valence-corrected chi connectivity index (χ4v) is 3.66. The van der Waals surface area contributed by atoms with Gasteiger partial charge in [0.15, 0.2) is 11.5 Å². The van der Waals surface area contributed by atoms with Gasteiger partial charge < -0.3 is 24.3 Å². The van der Waals surface area contributed by atoms with Crippen molar-refractivity contribution in [1.82, 2.24) is 5.32 Å². The van der Waals surface area contributed by atoms with Crippen molar-refractivity contribution in [3.63, 3.8) is 0 Å². The number of hydrogen-bond acceptors (Lipinski definition) is 6. The molecule has 2 heterocycles. The van der Waals surface area contributed by atoms with Gasteiger partial charge in [0, 0.05) is 10.4 Å². The summed E-state index contributed by atoms with van der Waals surface area (Å²) < 4.78 is 15.6. The molecule has 1 amide bonds. The van der Waals surface area contributed by atoms with E-state index in [4.69, 9.17) is 13.9 Å². The summed E-state index contributed by atoms with van der Waals surface area (Å²) in [6.45, 7) is 0.0408. The van der Waals surface area contributed by atoms with Crippen molar-refractivity contribution >= 4 is 17.2 Å². The van der Waals surface area contributed by atoms with Gasteiger partial charge in [-0.3, -0.25) is 4.79 Å². The van der Waals surface area contributed by atoms with Crippen LogP contribution >= 0.6 is 11.3 Å². The van der Waals surface area contributed by atoms with Crippen molar-refractivity contribution in [2.24, 2.45) is 0 Å². The van der Waals surface area contributed by atoms with Crippen LogP contribution < -0.4 is 14.8 Å². The third-order valence-electron chi connectivity index (χ3n) is 4.28. The van der Waals surface area contributed by atoms with Gasteiger partial charge in [0.1, 0.15) is 5.60 Å². The number of hydrogen-bond donors (Lipinski definition) is 2. The van der Waals surface area contributed by atoms with E-state index in [9.17, 15) is 9.90 Å². The quantitative estimate of drug-likeness (QED) is 0.621. The van der Waals surface area contributed by atoms with E-state index in [1.807, 2.05) is 23.6 Å². The van der Waals surface area contributed by atoms with Crippen LogP contribution in [0.25, 0.3) is 0 Å². The van der Waals surface area contributed by atoms with Crippen molar-refractivity contribution in [3.05, 3.63) is 70.3 Å². The first-order valence-electron chi connectivity index (χ1n) is 8.33. The Morgan fingerprint density at radius 2 is 2.04 bits per heavy atom. The lowest BCUT2D eigenvalue weighted by molar-refractivity contribution is -0.121. The number of methoxy groups -OCH3 is 2. The standard InChI is InChI=1S/C20H21NO5S/c1-24-16-6-5-14(10-17(16)25-2)11-19(22)21-13-20(23,15-7-8-26-12-15)18-4-3-9-27-18/h3-10,12,23H,11,13H2,1-2H3,(H,21,22). The summed E-state index contributed by atoms with van der Waals surface area (Å²) in [5, 5.41) is 15.9. The Bertz CT molecular complexity index is 840. The topological polar surface area (TPSA) is 80.9 Å². The lowest BCUT2D eigenvalue weighted by Crippen LogP contribution is -2.41. The van der Waals surface area contributed by atoms with Crippen molar-refractivity contribution in [3.8, 4) is 11.5 Å². The highest BCUT2D eigenvalue weighted by molar-refractivity contribution is 7.10. The van der Waals surface area contributed by atoms with Crippen LogP contribution in [-0.4, -0.2) is 31.8 Å². The second-order valence-electron chi connectivity index (χ2n) is 5.99. The van der Waals surface area contributed by atoms with Gasteiger partial charge in [-0.05, 0) is 35.2 Å². The Labute approximate surface area is 161 Å². The summed E-state index contributed by atoms with van der Waals surface area (Å²) in [4.78, 5) is 13.2. The molecule has 6 nitrogen and oxygen atoms in total. The minimum Gasteiger partial charge on any atom is -0.493 e. The van der Waals surface area contributed by atoms with Crippen molar-refractivity contribution < 1.29 is 23.8 Å². The van der Waals surface area contributed by atoms with E-state index in [0.29, 0.717) is 17.1 Å². The summed E-state index contributed by atoms with van der Waals surface area (Å²) in [6.07, 6.45) is 3.14. The van der Waals surface area contributed by atoms with Gasteiger partial charge in [0.2, 0.25) is 5.91 Å². The van der Waals surface area contributed by atoms with Crippen LogP contribution in [0.3, 0.4) is 0 Å². The highest BCUT2D eigenvalue weighted by Gasteiger charge is 2.34. The van der Waals surface area contributed by atoms with E-state index in [2.05, 4.69) is 5.32 Å². The molecule has 27 heavy (non-hydrogen) atoms. The Kier molecular flexibility index (Phi) is 5.83. The van der Waals surface area contributed by atoms with Gasteiger partial charge in [-0.2, -0.15) is 0 Å². The molecule has 0 saturated heterocycles. The normalized spacial score (nSPS) is 13.0. The smallest absolute Gasteiger partial charge is 0.224 e. The second-order valence-corrected chi connectivity index (χ2v) is 6.94. The number of ether oxygens (including phenoxy) is 2. The number of rotatable bonds is 8. The van der Waals surface area contributed by atoms with Gasteiger partial charge in [0.25, 0.3) is 0 Å². The molecular formula is C20H21NO5S. The average Bonchev–Trinajstić information content (AvgIpc) is 3.40. The monoisotopic (exact) mass is 387 g/mol. The van der Waals surface area contributed by atoms with E-state index in [1.165, 1.54) is 23.9 Å². The van der Waals surface area contributed by atoms with E-state index in [0.717, 1.165) is 10.4 Å². The average molecular weight is 387 g/mol. The Balaban J connectivity index is 1.70. The van der Waals surface area contributed by atoms with Gasteiger partial charge in [-0.15, -0.1) is 11.3 Å². The predicted octanol–water partition coefficient (Wildman–Crippen LogP) is 2.95. The number of benzene rings is 1. The molecule has 7 heteroatoms. The molecule has 1 aromatic carbocycles. The molecule has 0 bridgehead atoms. The van der Waals surface area contributed by atoms with E-state index >= 15 is 0 Å². The molecule has 1 unspecified atom stereocenters. The SMILES string of the molecule is COc1ccc(CC(=O)NCC(O)(c2ccoc2)c2cccs2)cc1OC. The fraction of sp³-hybridized carbons (Fsp3) is 0.250. The lowest BCUT2D eigenvalue weighted by atomic mass is 9.94. The van der Waals surface area contributed by atoms with Crippen molar-refractivity contribution in [2.75, 3.05) is 20.8 Å². The molecule has 1 atom stereocenters. The zero-order valence-corrected chi connectivity index (χ0v) is 15.9. The number of amides is 1. The Morgan fingerprint density at radius 3 is 2.67 bits per heavy atom. The molecule has 3 aromatic rings. The number of carbonyl (C=O) groups is 1. The van der Waals surface area contributed by atoms with Crippen LogP contribution in [-0.2, 0) is 16.8 Å². The maximum atomic E-state index is 12.4. The number of furan rings is 1. The molecule has 0 radical (unpaired) electrons. The number of thiophene rings is 1. The first-order valence-corrected chi connectivity index (χ1v) is 9.21. The lowest BCUT2D eigenvalue weighted by Gasteiger charge is -2.26. The summed E-state index contributed by atoms with van der Waals surface area (Å²) in [5.74, 6) is 0.964.